The molecule has 0 amide bonds. The van der Waals surface area contributed by atoms with Gasteiger partial charge < -0.3 is 5.32 Å². The monoisotopic (exact) mass is 253 g/mol. The summed E-state index contributed by atoms with van der Waals surface area (Å²) < 4.78 is 22.9. The Morgan fingerprint density at radius 3 is 2.47 bits per heavy atom. The summed E-state index contributed by atoms with van der Waals surface area (Å²) in [6.07, 6.45) is 2.12. The maximum Gasteiger partial charge on any atom is 0.153 e. The molecule has 1 aliphatic rings. The van der Waals surface area contributed by atoms with Crippen LogP contribution in [0, 0.1) is 5.92 Å². The maximum atomic E-state index is 11.4. The summed E-state index contributed by atoms with van der Waals surface area (Å²) in [6, 6.07) is 0. The number of nitrogens with one attached hydrogen (secondary N) is 1. The van der Waals surface area contributed by atoms with E-state index in [9.17, 15) is 8.42 Å². The summed E-state index contributed by atoms with van der Waals surface area (Å²) in [5.74, 6) is 0.885. The minimum absolute atomic E-state index is 0.238. The van der Waals surface area contributed by atoms with Gasteiger partial charge in [0.25, 0.3) is 0 Å². The van der Waals surface area contributed by atoms with E-state index < -0.39 is 9.84 Å². The molecule has 0 aromatic heterocycles. The highest BCUT2D eigenvalue weighted by molar-refractivity contribution is 7.92. The molecule has 5 heteroatoms. The molecule has 0 aromatic rings. The Labute approximate surface area is 97.5 Å². The number of alkyl halides is 1. The van der Waals surface area contributed by atoms with Crippen molar-refractivity contribution >= 4 is 21.4 Å². The molecule has 90 valence electrons. The van der Waals surface area contributed by atoms with Crippen molar-refractivity contribution in [1.29, 1.82) is 0 Å². The lowest BCUT2D eigenvalue weighted by Gasteiger charge is -2.30. The molecule has 0 spiro atoms. The second-order valence-corrected chi connectivity index (χ2v) is 7.85. The van der Waals surface area contributed by atoms with Gasteiger partial charge in [-0.3, -0.25) is 0 Å². The summed E-state index contributed by atoms with van der Waals surface area (Å²) in [6.45, 7) is 4.90. The van der Waals surface area contributed by atoms with Crippen LogP contribution < -0.4 is 5.32 Å². The molecule has 0 aliphatic heterocycles. The lowest BCUT2D eigenvalue weighted by atomic mass is 9.85. The second-order valence-electron chi connectivity index (χ2n) is 4.55. The van der Waals surface area contributed by atoms with Gasteiger partial charge in [-0.05, 0) is 39.2 Å². The van der Waals surface area contributed by atoms with Crippen LogP contribution in [0.4, 0.5) is 0 Å². The Balaban J connectivity index is 2.07. The zero-order valence-corrected chi connectivity index (χ0v) is 10.9. The Kier molecular flexibility index (Phi) is 4.87. The fourth-order valence-corrected chi connectivity index (χ4v) is 2.98. The SMILES string of the molecule is CC(C)S(=O)(=O)CCNCC1CC(Cl)C1. The van der Waals surface area contributed by atoms with Crippen molar-refractivity contribution in [1.82, 2.24) is 5.32 Å². The van der Waals surface area contributed by atoms with Gasteiger partial charge in [-0.25, -0.2) is 8.42 Å². The van der Waals surface area contributed by atoms with E-state index in [0.29, 0.717) is 17.8 Å². The lowest BCUT2D eigenvalue weighted by Crippen LogP contribution is -2.36. The minimum Gasteiger partial charge on any atom is -0.315 e. The fraction of sp³-hybridized carbons (Fsp3) is 1.00. The molecule has 1 saturated carbocycles. The summed E-state index contributed by atoms with van der Waals surface area (Å²) >= 11 is 5.85. The van der Waals surface area contributed by atoms with Gasteiger partial charge in [-0.15, -0.1) is 11.6 Å². The standard InChI is InChI=1S/C10H20ClNO2S/c1-8(2)15(13,14)4-3-12-7-9-5-10(11)6-9/h8-10,12H,3-7H2,1-2H3. The average molecular weight is 254 g/mol. The van der Waals surface area contributed by atoms with Gasteiger partial charge in [-0.2, -0.15) is 0 Å². The van der Waals surface area contributed by atoms with Gasteiger partial charge in [0.2, 0.25) is 0 Å². The highest BCUT2D eigenvalue weighted by atomic mass is 35.5. The van der Waals surface area contributed by atoms with E-state index in [1.165, 1.54) is 0 Å². The Morgan fingerprint density at radius 2 is 2.00 bits per heavy atom. The van der Waals surface area contributed by atoms with Gasteiger partial charge in [0.05, 0.1) is 11.0 Å². The average Bonchev–Trinajstić information content (AvgIpc) is 2.08. The van der Waals surface area contributed by atoms with Crippen molar-refractivity contribution in [3.63, 3.8) is 0 Å². The first-order valence-corrected chi connectivity index (χ1v) is 7.63. The first-order chi connectivity index (χ1) is 6.92. The molecule has 3 nitrogen and oxygen atoms in total. The van der Waals surface area contributed by atoms with Crippen LogP contribution in [0.1, 0.15) is 26.7 Å². The molecule has 0 atom stereocenters. The molecule has 0 heterocycles. The molecule has 1 fully saturated rings. The number of sulfone groups is 1. The molecule has 1 rings (SSSR count). The number of hydrogen-bond acceptors (Lipinski definition) is 3. The molecular weight excluding hydrogens is 234 g/mol. The smallest absolute Gasteiger partial charge is 0.153 e. The van der Waals surface area contributed by atoms with Crippen LogP contribution in [-0.2, 0) is 9.84 Å². The third-order valence-electron chi connectivity index (χ3n) is 2.89. The van der Waals surface area contributed by atoms with E-state index in [-0.39, 0.29) is 11.0 Å². The van der Waals surface area contributed by atoms with Gasteiger partial charge in [0, 0.05) is 11.9 Å². The van der Waals surface area contributed by atoms with Crippen molar-refractivity contribution in [2.75, 3.05) is 18.8 Å². The van der Waals surface area contributed by atoms with Crippen molar-refractivity contribution in [2.45, 2.75) is 37.3 Å². The van der Waals surface area contributed by atoms with E-state index >= 15 is 0 Å². The Morgan fingerprint density at radius 1 is 1.40 bits per heavy atom. The molecule has 0 radical (unpaired) electrons. The number of hydrogen-bond donors (Lipinski definition) is 1. The summed E-state index contributed by atoms with van der Waals surface area (Å²) in [5.41, 5.74) is 0. The Hall–Kier alpha value is 0.200. The van der Waals surface area contributed by atoms with Gasteiger partial charge in [-0.1, -0.05) is 0 Å². The van der Waals surface area contributed by atoms with Crippen LogP contribution in [0.3, 0.4) is 0 Å². The van der Waals surface area contributed by atoms with E-state index in [4.69, 9.17) is 11.6 Å². The molecule has 0 aromatic carbocycles. The third-order valence-corrected chi connectivity index (χ3v) is 5.46. The van der Waals surface area contributed by atoms with Crippen molar-refractivity contribution < 1.29 is 8.42 Å². The summed E-state index contributed by atoms with van der Waals surface area (Å²) in [4.78, 5) is 0. The minimum atomic E-state index is -2.88. The quantitative estimate of drug-likeness (QED) is 0.575. The van der Waals surface area contributed by atoms with Crippen LogP contribution in [0.5, 0.6) is 0 Å². The first kappa shape index (κ1) is 13.3. The normalized spacial score (nSPS) is 26.7. The largest absolute Gasteiger partial charge is 0.315 e. The fourth-order valence-electron chi connectivity index (χ4n) is 1.58. The predicted molar refractivity (Wildman–Crippen MR) is 64.2 cm³/mol. The number of halogens is 1. The van der Waals surface area contributed by atoms with Crippen molar-refractivity contribution in [3.05, 3.63) is 0 Å². The molecular formula is C10H20ClNO2S. The third kappa shape index (κ3) is 4.29. The van der Waals surface area contributed by atoms with Crippen LogP contribution in [-0.4, -0.2) is 37.9 Å². The van der Waals surface area contributed by atoms with Crippen molar-refractivity contribution in [2.24, 2.45) is 5.92 Å². The maximum absolute atomic E-state index is 11.4. The molecule has 0 saturated heterocycles. The second kappa shape index (κ2) is 5.51. The van der Waals surface area contributed by atoms with Gasteiger partial charge >= 0.3 is 0 Å². The van der Waals surface area contributed by atoms with Crippen LogP contribution in [0.25, 0.3) is 0 Å². The lowest BCUT2D eigenvalue weighted by molar-refractivity contribution is 0.311. The van der Waals surface area contributed by atoms with E-state index in [0.717, 1.165) is 19.4 Å². The molecule has 15 heavy (non-hydrogen) atoms. The zero-order valence-electron chi connectivity index (χ0n) is 9.37. The van der Waals surface area contributed by atoms with Crippen LogP contribution in [0.2, 0.25) is 0 Å². The molecule has 1 aliphatic carbocycles. The Bertz CT molecular complexity index is 284. The number of rotatable bonds is 6. The zero-order chi connectivity index (χ0) is 11.5. The molecule has 1 N–H and O–H groups in total. The van der Waals surface area contributed by atoms with Crippen LogP contribution in [0.15, 0.2) is 0 Å². The predicted octanol–water partition coefficient (Wildman–Crippen LogP) is 1.42. The van der Waals surface area contributed by atoms with E-state index in [2.05, 4.69) is 5.32 Å². The summed E-state index contributed by atoms with van der Waals surface area (Å²) in [7, 11) is -2.88. The highest BCUT2D eigenvalue weighted by Crippen LogP contribution is 2.30. The van der Waals surface area contributed by atoms with E-state index in [1.807, 2.05) is 0 Å². The van der Waals surface area contributed by atoms with Gasteiger partial charge in [0.15, 0.2) is 9.84 Å². The van der Waals surface area contributed by atoms with E-state index in [1.54, 1.807) is 13.8 Å². The first-order valence-electron chi connectivity index (χ1n) is 5.48. The molecule has 0 bridgehead atoms. The van der Waals surface area contributed by atoms with Crippen LogP contribution >= 0.6 is 11.6 Å². The topological polar surface area (TPSA) is 46.2 Å². The van der Waals surface area contributed by atoms with Gasteiger partial charge in [0.1, 0.15) is 0 Å². The summed E-state index contributed by atoms with van der Waals surface area (Å²) in [5, 5.41) is 3.26. The highest BCUT2D eigenvalue weighted by Gasteiger charge is 2.26. The van der Waals surface area contributed by atoms with Crippen molar-refractivity contribution in [3.8, 4) is 0 Å². The molecule has 0 unspecified atom stereocenters.